The highest BCUT2D eigenvalue weighted by Gasteiger charge is 2.05. The number of non-ortho nitro benzene ring substituents is 1. The van der Waals surface area contributed by atoms with E-state index in [0.717, 1.165) is 24.9 Å². The molecule has 1 rings (SSSR count). The van der Waals surface area contributed by atoms with Gasteiger partial charge >= 0.3 is 0 Å². The minimum absolute atomic E-state index is 0.105. The fraction of sp³-hybridized carbons (Fsp3) is 0.462. The second-order valence-electron chi connectivity index (χ2n) is 4.13. The van der Waals surface area contributed by atoms with Crippen LogP contribution in [0.4, 0.5) is 5.69 Å². The third kappa shape index (κ3) is 5.37. The molecule has 0 aliphatic carbocycles. The predicted molar refractivity (Wildman–Crippen MR) is 76.2 cm³/mol. The van der Waals surface area contributed by atoms with E-state index in [-0.39, 0.29) is 5.69 Å². The minimum Gasteiger partial charge on any atom is -0.356 e. The molecule has 0 unspecified atom stereocenters. The monoisotopic (exact) mass is 264 g/mol. The van der Waals surface area contributed by atoms with Crippen LogP contribution in [0, 0.1) is 10.1 Å². The summed E-state index contributed by atoms with van der Waals surface area (Å²) in [4.78, 5) is 14.4. The standard InChI is InChI=1S/C13H20N4O2/c1-3-4-8-15-13(14-2)16-10-11-6-5-7-12(9-11)17(18)19/h5-7,9H,3-4,8,10H2,1-2H3,(H2,14,15,16). The van der Waals surface area contributed by atoms with Crippen LogP contribution in [0.2, 0.25) is 0 Å². The Morgan fingerprint density at radius 2 is 2.21 bits per heavy atom. The SMILES string of the molecule is CCCCNC(=NC)NCc1cccc([N+](=O)[O-])c1. The number of rotatable bonds is 6. The molecule has 104 valence electrons. The lowest BCUT2D eigenvalue weighted by atomic mass is 10.2. The Kier molecular flexibility index (Phi) is 6.35. The lowest BCUT2D eigenvalue weighted by Gasteiger charge is -2.11. The maximum absolute atomic E-state index is 10.7. The largest absolute Gasteiger partial charge is 0.356 e. The molecule has 6 heteroatoms. The fourth-order valence-corrected chi connectivity index (χ4v) is 1.57. The molecule has 0 aliphatic heterocycles. The molecule has 0 radical (unpaired) electrons. The quantitative estimate of drug-likeness (QED) is 0.271. The molecule has 0 aliphatic rings. The molecule has 0 bridgehead atoms. The number of nitro benzene ring substituents is 1. The van der Waals surface area contributed by atoms with Crippen molar-refractivity contribution in [2.45, 2.75) is 26.3 Å². The van der Waals surface area contributed by atoms with Crippen LogP contribution >= 0.6 is 0 Å². The smallest absolute Gasteiger partial charge is 0.269 e. The molecule has 6 nitrogen and oxygen atoms in total. The Hall–Kier alpha value is -2.11. The van der Waals surface area contributed by atoms with Crippen LogP contribution in [0.1, 0.15) is 25.3 Å². The molecule has 1 aromatic carbocycles. The summed E-state index contributed by atoms with van der Waals surface area (Å²) in [7, 11) is 1.70. The predicted octanol–water partition coefficient (Wildman–Crippen LogP) is 2.06. The zero-order chi connectivity index (χ0) is 14.1. The Balaban J connectivity index is 2.50. The molecule has 2 N–H and O–H groups in total. The number of hydrogen-bond acceptors (Lipinski definition) is 3. The van der Waals surface area contributed by atoms with E-state index in [9.17, 15) is 10.1 Å². The van der Waals surface area contributed by atoms with E-state index < -0.39 is 4.92 Å². The highest BCUT2D eigenvalue weighted by Crippen LogP contribution is 2.12. The van der Waals surface area contributed by atoms with Gasteiger partial charge in [-0.15, -0.1) is 0 Å². The minimum atomic E-state index is -0.391. The Morgan fingerprint density at radius 3 is 2.84 bits per heavy atom. The highest BCUT2D eigenvalue weighted by atomic mass is 16.6. The third-order valence-electron chi connectivity index (χ3n) is 2.63. The third-order valence-corrected chi connectivity index (χ3v) is 2.63. The molecule has 0 atom stereocenters. The number of unbranched alkanes of at least 4 members (excludes halogenated alkanes) is 1. The summed E-state index contributed by atoms with van der Waals surface area (Å²) < 4.78 is 0. The first-order valence-electron chi connectivity index (χ1n) is 6.35. The van der Waals surface area contributed by atoms with Gasteiger partial charge in [0.25, 0.3) is 5.69 Å². The number of nitro groups is 1. The van der Waals surface area contributed by atoms with E-state index in [2.05, 4.69) is 22.5 Å². The summed E-state index contributed by atoms with van der Waals surface area (Å²) in [6.45, 7) is 3.50. The van der Waals surface area contributed by atoms with Crippen LogP contribution < -0.4 is 10.6 Å². The normalized spacial score (nSPS) is 11.2. The lowest BCUT2D eigenvalue weighted by Crippen LogP contribution is -2.37. The molecule has 1 aromatic rings. The zero-order valence-electron chi connectivity index (χ0n) is 11.3. The molecule has 0 saturated heterocycles. The molecule has 0 saturated carbocycles. The van der Waals surface area contributed by atoms with Crippen molar-refractivity contribution in [3.8, 4) is 0 Å². The fourth-order valence-electron chi connectivity index (χ4n) is 1.57. The number of guanidine groups is 1. The van der Waals surface area contributed by atoms with Gasteiger partial charge in [0.1, 0.15) is 0 Å². The van der Waals surface area contributed by atoms with Crippen molar-refractivity contribution in [3.63, 3.8) is 0 Å². The molecule has 0 heterocycles. The van der Waals surface area contributed by atoms with Crippen LogP contribution in [0.5, 0.6) is 0 Å². The molecule has 0 spiro atoms. The van der Waals surface area contributed by atoms with Crippen LogP contribution in [0.15, 0.2) is 29.3 Å². The molecule has 0 fully saturated rings. The first-order valence-corrected chi connectivity index (χ1v) is 6.35. The van der Waals surface area contributed by atoms with Gasteiger partial charge in [0.15, 0.2) is 5.96 Å². The second-order valence-corrected chi connectivity index (χ2v) is 4.13. The number of nitrogens with zero attached hydrogens (tertiary/aromatic N) is 2. The molecule has 0 amide bonds. The Bertz CT molecular complexity index is 446. The van der Waals surface area contributed by atoms with Crippen LogP contribution in [-0.2, 0) is 6.54 Å². The van der Waals surface area contributed by atoms with E-state index >= 15 is 0 Å². The summed E-state index contributed by atoms with van der Waals surface area (Å²) in [6.07, 6.45) is 2.20. The van der Waals surface area contributed by atoms with Crippen LogP contribution in [0.25, 0.3) is 0 Å². The van der Waals surface area contributed by atoms with Gasteiger partial charge in [-0.2, -0.15) is 0 Å². The maximum atomic E-state index is 10.7. The topological polar surface area (TPSA) is 79.6 Å². The van der Waals surface area contributed by atoms with Gasteiger partial charge < -0.3 is 10.6 Å². The van der Waals surface area contributed by atoms with Crippen molar-refractivity contribution in [2.75, 3.05) is 13.6 Å². The second kappa shape index (κ2) is 8.07. The average molecular weight is 264 g/mol. The summed E-state index contributed by atoms with van der Waals surface area (Å²) in [5.74, 6) is 0.708. The first-order chi connectivity index (χ1) is 9.17. The molecular formula is C13H20N4O2. The van der Waals surface area contributed by atoms with Gasteiger partial charge in [-0.1, -0.05) is 25.5 Å². The molecule has 0 aromatic heterocycles. The van der Waals surface area contributed by atoms with Crippen LogP contribution in [0.3, 0.4) is 0 Å². The summed E-state index contributed by atoms with van der Waals surface area (Å²) >= 11 is 0. The van der Waals surface area contributed by atoms with E-state index in [1.165, 1.54) is 6.07 Å². The Labute approximate surface area is 113 Å². The summed E-state index contributed by atoms with van der Waals surface area (Å²) in [5.41, 5.74) is 0.959. The lowest BCUT2D eigenvalue weighted by molar-refractivity contribution is -0.384. The summed E-state index contributed by atoms with van der Waals surface area (Å²) in [5, 5.41) is 17.0. The van der Waals surface area contributed by atoms with Crippen molar-refractivity contribution in [1.29, 1.82) is 0 Å². The van der Waals surface area contributed by atoms with Crippen molar-refractivity contribution in [2.24, 2.45) is 4.99 Å². The number of hydrogen-bond donors (Lipinski definition) is 2. The van der Waals surface area contributed by atoms with Crippen molar-refractivity contribution in [1.82, 2.24) is 10.6 Å². The van der Waals surface area contributed by atoms with Crippen LogP contribution in [-0.4, -0.2) is 24.5 Å². The van der Waals surface area contributed by atoms with E-state index in [0.29, 0.717) is 12.5 Å². The van der Waals surface area contributed by atoms with Gasteiger partial charge in [0, 0.05) is 32.3 Å². The first kappa shape index (κ1) is 14.9. The van der Waals surface area contributed by atoms with Crippen molar-refractivity contribution < 1.29 is 4.92 Å². The molecule has 19 heavy (non-hydrogen) atoms. The van der Waals surface area contributed by atoms with Crippen molar-refractivity contribution in [3.05, 3.63) is 39.9 Å². The highest BCUT2D eigenvalue weighted by molar-refractivity contribution is 5.79. The van der Waals surface area contributed by atoms with Gasteiger partial charge in [0.2, 0.25) is 0 Å². The van der Waals surface area contributed by atoms with Gasteiger partial charge in [-0.05, 0) is 12.0 Å². The maximum Gasteiger partial charge on any atom is 0.269 e. The summed E-state index contributed by atoms with van der Waals surface area (Å²) in [6, 6.07) is 6.58. The number of nitrogens with one attached hydrogen (secondary N) is 2. The van der Waals surface area contributed by atoms with E-state index in [4.69, 9.17) is 0 Å². The zero-order valence-corrected chi connectivity index (χ0v) is 11.3. The average Bonchev–Trinajstić information content (AvgIpc) is 2.43. The van der Waals surface area contributed by atoms with Crippen molar-refractivity contribution >= 4 is 11.6 Å². The van der Waals surface area contributed by atoms with Gasteiger partial charge in [-0.3, -0.25) is 15.1 Å². The van der Waals surface area contributed by atoms with Gasteiger partial charge in [0.05, 0.1) is 4.92 Å². The van der Waals surface area contributed by atoms with E-state index in [1.54, 1.807) is 19.2 Å². The Morgan fingerprint density at radius 1 is 1.42 bits per heavy atom. The number of aliphatic imine (C=N–C) groups is 1. The van der Waals surface area contributed by atoms with E-state index in [1.807, 2.05) is 6.07 Å². The molecular weight excluding hydrogens is 244 g/mol. The van der Waals surface area contributed by atoms with Gasteiger partial charge in [-0.25, -0.2) is 0 Å². The number of benzene rings is 1.